The maximum atomic E-state index is 12.2. The highest BCUT2D eigenvalue weighted by Crippen LogP contribution is 2.41. The van der Waals surface area contributed by atoms with Gasteiger partial charge in [-0.05, 0) is 35.6 Å². The van der Waals surface area contributed by atoms with E-state index in [4.69, 9.17) is 0 Å². The Bertz CT molecular complexity index is 532. The first-order chi connectivity index (χ1) is 9.05. The zero-order chi connectivity index (χ0) is 15.1. The number of rotatable bonds is 2. The van der Waals surface area contributed by atoms with E-state index in [2.05, 4.69) is 10.1 Å². The van der Waals surface area contributed by atoms with E-state index in [0.717, 1.165) is 0 Å². The number of anilines is 1. The van der Waals surface area contributed by atoms with Gasteiger partial charge in [-0.1, -0.05) is 20.8 Å². The molecule has 0 aliphatic carbocycles. The number of halogens is 3. The molecule has 0 spiro atoms. The van der Waals surface area contributed by atoms with Gasteiger partial charge in [0.15, 0.2) is 0 Å². The quantitative estimate of drug-likeness (QED) is 0.891. The second-order valence-corrected chi connectivity index (χ2v) is 6.10. The van der Waals surface area contributed by atoms with Crippen LogP contribution in [0.4, 0.5) is 18.9 Å². The number of ether oxygens (including phenoxy) is 1. The van der Waals surface area contributed by atoms with Crippen LogP contribution in [0.5, 0.6) is 5.75 Å². The fourth-order valence-corrected chi connectivity index (χ4v) is 2.32. The largest absolute Gasteiger partial charge is 0.573 e. The average molecular weight is 287 g/mol. The lowest BCUT2D eigenvalue weighted by atomic mass is 9.82. The molecule has 3 nitrogen and oxygen atoms in total. The molecule has 20 heavy (non-hydrogen) atoms. The Hall–Kier alpha value is -1.72. The summed E-state index contributed by atoms with van der Waals surface area (Å²) < 4.78 is 40.6. The van der Waals surface area contributed by atoms with Crippen molar-refractivity contribution >= 4 is 11.6 Å². The van der Waals surface area contributed by atoms with Crippen molar-refractivity contribution in [2.24, 2.45) is 5.41 Å². The van der Waals surface area contributed by atoms with Crippen LogP contribution >= 0.6 is 0 Å². The molecule has 0 radical (unpaired) electrons. The molecule has 6 heteroatoms. The predicted molar refractivity (Wildman–Crippen MR) is 68.6 cm³/mol. The summed E-state index contributed by atoms with van der Waals surface area (Å²) in [5, 5.41) is 2.68. The fourth-order valence-electron chi connectivity index (χ4n) is 2.32. The minimum Gasteiger partial charge on any atom is -0.406 e. The molecule has 0 aromatic heterocycles. The zero-order valence-corrected chi connectivity index (χ0v) is 11.5. The molecule has 1 N–H and O–H groups in total. The number of hydrogen-bond donors (Lipinski definition) is 1. The summed E-state index contributed by atoms with van der Waals surface area (Å²) in [6, 6.07) is 3.93. The highest BCUT2D eigenvalue weighted by molar-refractivity contribution is 6.03. The fraction of sp³-hybridized carbons (Fsp3) is 0.500. The number of alkyl halides is 3. The van der Waals surface area contributed by atoms with E-state index in [-0.39, 0.29) is 17.1 Å². The van der Waals surface area contributed by atoms with Gasteiger partial charge >= 0.3 is 6.36 Å². The number of nitrogens with one attached hydrogen (secondary N) is 1. The van der Waals surface area contributed by atoms with Gasteiger partial charge in [0.25, 0.3) is 0 Å². The SMILES string of the molecule is CC(C)(C)CC1C(=O)Nc2ccc(OC(F)(F)F)cc21. The van der Waals surface area contributed by atoms with Crippen LogP contribution < -0.4 is 10.1 Å². The standard InChI is InChI=1S/C14H16F3NO2/c1-13(2,3)7-10-9-6-8(20-14(15,16)17)4-5-11(9)18-12(10)19/h4-6,10H,7H2,1-3H3,(H,18,19). The second kappa shape index (κ2) is 4.68. The van der Waals surface area contributed by atoms with Crippen LogP contribution in [0.15, 0.2) is 18.2 Å². The number of carbonyl (C=O) groups is 1. The molecule has 1 unspecified atom stereocenters. The van der Waals surface area contributed by atoms with E-state index >= 15 is 0 Å². The Kier molecular flexibility index (Phi) is 3.44. The van der Waals surface area contributed by atoms with Crippen molar-refractivity contribution < 1.29 is 22.7 Å². The lowest BCUT2D eigenvalue weighted by Crippen LogP contribution is -2.19. The molecule has 0 fully saturated rings. The summed E-state index contributed by atoms with van der Waals surface area (Å²) in [5.41, 5.74) is 1.01. The summed E-state index contributed by atoms with van der Waals surface area (Å²) in [6.07, 6.45) is -4.18. The molecule has 0 saturated heterocycles. The van der Waals surface area contributed by atoms with Gasteiger partial charge in [0.1, 0.15) is 5.75 Å². The van der Waals surface area contributed by atoms with Gasteiger partial charge in [-0.25, -0.2) is 0 Å². The van der Waals surface area contributed by atoms with Gasteiger partial charge in [0.2, 0.25) is 5.91 Å². The maximum Gasteiger partial charge on any atom is 0.573 e. The Labute approximate surface area is 115 Å². The number of hydrogen-bond acceptors (Lipinski definition) is 2. The van der Waals surface area contributed by atoms with Crippen molar-refractivity contribution in [2.45, 2.75) is 39.5 Å². The van der Waals surface area contributed by atoms with Crippen molar-refractivity contribution in [1.82, 2.24) is 0 Å². The predicted octanol–water partition coefficient (Wildman–Crippen LogP) is 4.06. The van der Waals surface area contributed by atoms with E-state index in [1.54, 1.807) is 0 Å². The molecular formula is C14H16F3NO2. The number of amides is 1. The van der Waals surface area contributed by atoms with E-state index < -0.39 is 12.3 Å². The topological polar surface area (TPSA) is 38.3 Å². The van der Waals surface area contributed by atoms with Crippen LogP contribution in [0.2, 0.25) is 0 Å². The van der Waals surface area contributed by atoms with Gasteiger partial charge in [-0.15, -0.1) is 13.2 Å². The molecule has 110 valence electrons. The summed E-state index contributed by atoms with van der Waals surface area (Å²) in [4.78, 5) is 11.9. The smallest absolute Gasteiger partial charge is 0.406 e. The van der Waals surface area contributed by atoms with Gasteiger partial charge in [0.05, 0.1) is 5.92 Å². The summed E-state index contributed by atoms with van der Waals surface area (Å²) in [7, 11) is 0. The van der Waals surface area contributed by atoms with E-state index in [1.807, 2.05) is 20.8 Å². The number of fused-ring (bicyclic) bond motifs is 1. The first kappa shape index (κ1) is 14.7. The van der Waals surface area contributed by atoms with Crippen LogP contribution in [0.25, 0.3) is 0 Å². The molecular weight excluding hydrogens is 271 g/mol. The van der Waals surface area contributed by atoms with Crippen molar-refractivity contribution in [3.05, 3.63) is 23.8 Å². The summed E-state index contributed by atoms with van der Waals surface area (Å²) in [6.45, 7) is 5.94. The molecule has 1 aliphatic heterocycles. The van der Waals surface area contributed by atoms with Crippen LogP contribution in [-0.2, 0) is 4.79 Å². The molecule has 1 atom stereocenters. The third kappa shape index (κ3) is 3.43. The lowest BCUT2D eigenvalue weighted by molar-refractivity contribution is -0.274. The van der Waals surface area contributed by atoms with Gasteiger partial charge < -0.3 is 10.1 Å². The summed E-state index contributed by atoms with van der Waals surface area (Å²) in [5.74, 6) is -0.924. The zero-order valence-electron chi connectivity index (χ0n) is 11.5. The highest BCUT2D eigenvalue weighted by atomic mass is 19.4. The van der Waals surface area contributed by atoms with Crippen LogP contribution in [0, 0.1) is 5.41 Å². The molecule has 1 amide bonds. The molecule has 1 aliphatic rings. The van der Waals surface area contributed by atoms with Crippen LogP contribution in [-0.4, -0.2) is 12.3 Å². The molecule has 0 saturated carbocycles. The molecule has 0 bridgehead atoms. The second-order valence-electron chi connectivity index (χ2n) is 6.10. The third-order valence-corrected chi connectivity index (χ3v) is 3.02. The first-order valence-electron chi connectivity index (χ1n) is 6.26. The number of carbonyl (C=O) groups excluding carboxylic acids is 1. The minimum absolute atomic E-state index is 0.107. The normalized spacial score (nSPS) is 18.7. The van der Waals surface area contributed by atoms with Crippen molar-refractivity contribution in [3.8, 4) is 5.75 Å². The monoisotopic (exact) mass is 287 g/mol. The molecule has 1 aromatic carbocycles. The van der Waals surface area contributed by atoms with Crippen LogP contribution in [0.3, 0.4) is 0 Å². The van der Waals surface area contributed by atoms with E-state index in [0.29, 0.717) is 17.7 Å². The average Bonchev–Trinajstić information content (AvgIpc) is 2.52. The van der Waals surface area contributed by atoms with E-state index in [9.17, 15) is 18.0 Å². The lowest BCUT2D eigenvalue weighted by Gasteiger charge is -2.22. The molecule has 1 heterocycles. The number of benzene rings is 1. The summed E-state index contributed by atoms with van der Waals surface area (Å²) >= 11 is 0. The molecule has 1 aromatic rings. The Morgan fingerprint density at radius 2 is 1.90 bits per heavy atom. The van der Waals surface area contributed by atoms with E-state index in [1.165, 1.54) is 18.2 Å². The van der Waals surface area contributed by atoms with Crippen LogP contribution in [0.1, 0.15) is 38.7 Å². The maximum absolute atomic E-state index is 12.2. The Morgan fingerprint density at radius 1 is 1.25 bits per heavy atom. The third-order valence-electron chi connectivity index (χ3n) is 3.02. The van der Waals surface area contributed by atoms with Crippen molar-refractivity contribution in [1.29, 1.82) is 0 Å². The van der Waals surface area contributed by atoms with Gasteiger partial charge in [0, 0.05) is 5.69 Å². The minimum atomic E-state index is -4.73. The Balaban J connectivity index is 2.30. The van der Waals surface area contributed by atoms with Crippen molar-refractivity contribution in [3.63, 3.8) is 0 Å². The van der Waals surface area contributed by atoms with Gasteiger partial charge in [-0.3, -0.25) is 4.79 Å². The Morgan fingerprint density at radius 3 is 2.45 bits per heavy atom. The first-order valence-corrected chi connectivity index (χ1v) is 6.26. The molecule has 2 rings (SSSR count). The van der Waals surface area contributed by atoms with Crippen molar-refractivity contribution in [2.75, 3.05) is 5.32 Å². The van der Waals surface area contributed by atoms with Gasteiger partial charge in [-0.2, -0.15) is 0 Å². The highest BCUT2D eigenvalue weighted by Gasteiger charge is 2.36.